The molecule has 174 valence electrons. The van der Waals surface area contributed by atoms with Crippen LogP contribution in [0.3, 0.4) is 0 Å². The Morgan fingerprint density at radius 2 is 2.06 bits per heavy atom. The van der Waals surface area contributed by atoms with Gasteiger partial charge in [0.15, 0.2) is 0 Å². The molecule has 0 fully saturated rings. The van der Waals surface area contributed by atoms with Crippen molar-refractivity contribution in [2.75, 3.05) is 7.05 Å². The minimum atomic E-state index is 0. The molecule has 1 heterocycles. The molecule has 4 rings (SSSR count). The number of benzene rings is 2. The Kier molecular flexibility index (Phi) is 8.72. The lowest BCUT2D eigenvalue weighted by Gasteiger charge is -2.20. The Labute approximate surface area is 208 Å². The van der Waals surface area contributed by atoms with Crippen LogP contribution in [0, 0.1) is 11.3 Å². The van der Waals surface area contributed by atoms with Gasteiger partial charge in [-0.2, -0.15) is 23.2 Å². The van der Waals surface area contributed by atoms with Gasteiger partial charge in [-0.1, -0.05) is 29.5 Å². The molecule has 1 aliphatic carbocycles. The van der Waals surface area contributed by atoms with Gasteiger partial charge < -0.3 is 4.74 Å². The van der Waals surface area contributed by atoms with Gasteiger partial charge in [0.1, 0.15) is 34.1 Å². The lowest BCUT2D eigenvalue weighted by molar-refractivity contribution is 0.242. The van der Waals surface area contributed by atoms with Crippen molar-refractivity contribution in [2.45, 2.75) is 38.8 Å². The number of fused-ring (bicyclic) bond motifs is 1. The molecule has 0 bridgehead atoms. The molecule has 3 aromatic rings. The molecule has 3 N–H and O–H groups in total. The topological polar surface area (TPSA) is 109 Å². The molecule has 0 aliphatic heterocycles. The van der Waals surface area contributed by atoms with E-state index in [1.54, 1.807) is 4.41 Å². The first-order valence-electron chi connectivity index (χ1n) is 10.2. The van der Waals surface area contributed by atoms with Crippen LogP contribution in [-0.4, -0.2) is 27.8 Å². The van der Waals surface area contributed by atoms with Crippen LogP contribution in [0.4, 0.5) is 0 Å². The van der Waals surface area contributed by atoms with Gasteiger partial charge in [-0.05, 0) is 56.0 Å². The summed E-state index contributed by atoms with van der Waals surface area (Å²) in [6, 6.07) is 14.2. The van der Waals surface area contributed by atoms with E-state index in [1.165, 1.54) is 22.5 Å². The van der Waals surface area contributed by atoms with Crippen molar-refractivity contribution >= 4 is 37.1 Å². The molecule has 1 atom stereocenters. The summed E-state index contributed by atoms with van der Waals surface area (Å²) >= 11 is 2.57. The zero-order valence-electron chi connectivity index (χ0n) is 18.5. The summed E-state index contributed by atoms with van der Waals surface area (Å²) in [5, 5.41) is 20.0. The summed E-state index contributed by atoms with van der Waals surface area (Å²) < 4.78 is 12.1. The molecule has 0 radical (unpaired) electrons. The van der Waals surface area contributed by atoms with E-state index >= 15 is 0 Å². The van der Waals surface area contributed by atoms with Crippen LogP contribution in [-0.2, 0) is 10.7 Å². The van der Waals surface area contributed by atoms with Gasteiger partial charge in [-0.15, -0.1) is 10.2 Å². The minimum absolute atomic E-state index is 0. The maximum absolute atomic E-state index is 9.52. The highest BCUT2D eigenvalue weighted by atomic mass is 32.2. The fourth-order valence-electron chi connectivity index (χ4n) is 3.85. The monoisotopic (exact) mass is 502 g/mol. The molecule has 1 aliphatic rings. The highest BCUT2D eigenvalue weighted by Gasteiger charge is 2.27. The zero-order chi connectivity index (χ0) is 22.7. The summed E-state index contributed by atoms with van der Waals surface area (Å²) in [4.78, 5) is 0. The van der Waals surface area contributed by atoms with Crippen molar-refractivity contribution in [3.63, 3.8) is 0 Å². The van der Waals surface area contributed by atoms with Crippen LogP contribution < -0.4 is 16.1 Å². The predicted octanol–water partition coefficient (Wildman–Crippen LogP) is 4.52. The standard InChI is InChI=1S/C22H24N6O2S2.H2S/c1-13(2)29-20-10-7-14(11-15(20)12-23)21-25-26-22(31-21)18-6-4-5-17-16(18)8-9-19(17)27-28(3)32-30-24;/h4-7,10-11,13,19,27H,8-9,24H2,1-3H3;1H2. The molecule has 0 saturated carbocycles. The quantitative estimate of drug-likeness (QED) is 0.261. The van der Waals surface area contributed by atoms with E-state index in [2.05, 4.69) is 38.1 Å². The maximum Gasteiger partial charge on any atom is 0.148 e. The molecule has 33 heavy (non-hydrogen) atoms. The van der Waals surface area contributed by atoms with Crippen LogP contribution in [0.2, 0.25) is 0 Å². The van der Waals surface area contributed by atoms with Gasteiger partial charge >= 0.3 is 0 Å². The van der Waals surface area contributed by atoms with E-state index in [0.29, 0.717) is 11.3 Å². The highest BCUT2D eigenvalue weighted by Crippen LogP contribution is 2.40. The van der Waals surface area contributed by atoms with E-state index < -0.39 is 0 Å². The molecule has 0 amide bonds. The minimum Gasteiger partial charge on any atom is -0.490 e. The first-order chi connectivity index (χ1) is 15.5. The SMILES string of the molecule is CC(C)Oc1ccc(-c2nnc(-c3cccc4c3CCC4NN(C)SON)s2)cc1C#N.S. The van der Waals surface area contributed by atoms with E-state index in [-0.39, 0.29) is 25.6 Å². The second kappa shape index (κ2) is 11.3. The number of hydrazine groups is 1. The first-order valence-corrected chi connectivity index (χ1v) is 11.7. The number of nitrogens with zero attached hydrogens (tertiary/aromatic N) is 4. The predicted molar refractivity (Wildman–Crippen MR) is 136 cm³/mol. The Hall–Kier alpha value is -2.17. The van der Waals surface area contributed by atoms with Crippen molar-refractivity contribution in [3.05, 3.63) is 53.1 Å². The molecule has 1 unspecified atom stereocenters. The lowest BCUT2D eigenvalue weighted by atomic mass is 10.0. The number of aromatic nitrogens is 2. The normalized spacial score (nSPS) is 14.8. The smallest absolute Gasteiger partial charge is 0.148 e. The average molecular weight is 503 g/mol. The number of nitrogens with one attached hydrogen (secondary N) is 1. The van der Waals surface area contributed by atoms with Gasteiger partial charge in [0.25, 0.3) is 0 Å². The first kappa shape index (κ1) is 25.5. The Morgan fingerprint density at radius 3 is 2.79 bits per heavy atom. The second-order valence-electron chi connectivity index (χ2n) is 7.66. The van der Waals surface area contributed by atoms with Crippen LogP contribution in [0.25, 0.3) is 21.1 Å². The van der Waals surface area contributed by atoms with E-state index in [1.807, 2.05) is 45.2 Å². The van der Waals surface area contributed by atoms with Gasteiger partial charge in [-0.3, -0.25) is 0 Å². The number of nitrogens with two attached hydrogens (primary N) is 1. The summed E-state index contributed by atoms with van der Waals surface area (Å²) in [7, 11) is 1.86. The number of ether oxygens (including phenoxy) is 1. The molecule has 1 aromatic heterocycles. The number of nitriles is 1. The van der Waals surface area contributed by atoms with Crippen molar-refractivity contribution in [2.24, 2.45) is 5.90 Å². The Bertz CT molecular complexity index is 1150. The molecular formula is C22H26N6O2S3. The van der Waals surface area contributed by atoms with Crippen LogP contribution in [0.1, 0.15) is 43.0 Å². The Balaban J connectivity index is 0.00000306. The number of hydrogen-bond acceptors (Lipinski definition) is 10. The fourth-order valence-corrected chi connectivity index (χ4v) is 5.04. The molecule has 0 spiro atoms. The molecular weight excluding hydrogens is 476 g/mol. The lowest BCUT2D eigenvalue weighted by Crippen LogP contribution is -2.32. The van der Waals surface area contributed by atoms with Gasteiger partial charge in [0, 0.05) is 24.2 Å². The van der Waals surface area contributed by atoms with Crippen molar-refractivity contribution < 1.29 is 9.02 Å². The van der Waals surface area contributed by atoms with Crippen molar-refractivity contribution in [1.29, 1.82) is 5.26 Å². The Morgan fingerprint density at radius 1 is 1.27 bits per heavy atom. The zero-order valence-corrected chi connectivity index (χ0v) is 21.2. The molecule has 11 heteroatoms. The average Bonchev–Trinajstić information content (AvgIpc) is 3.41. The van der Waals surface area contributed by atoms with Crippen molar-refractivity contribution in [3.8, 4) is 33.0 Å². The van der Waals surface area contributed by atoms with Gasteiger partial charge in [0.05, 0.1) is 11.7 Å². The summed E-state index contributed by atoms with van der Waals surface area (Å²) in [5.41, 5.74) is 8.36. The summed E-state index contributed by atoms with van der Waals surface area (Å²) in [6.07, 6.45) is 1.91. The molecule has 0 saturated heterocycles. The largest absolute Gasteiger partial charge is 0.490 e. The molecule has 8 nitrogen and oxygen atoms in total. The number of rotatable bonds is 8. The maximum atomic E-state index is 9.52. The fraction of sp³-hybridized carbons (Fsp3) is 0.318. The third-order valence-electron chi connectivity index (χ3n) is 5.13. The highest BCUT2D eigenvalue weighted by molar-refractivity contribution is 7.92. The van der Waals surface area contributed by atoms with E-state index in [4.69, 9.17) is 10.6 Å². The third-order valence-corrected chi connectivity index (χ3v) is 6.55. The van der Waals surface area contributed by atoms with Crippen LogP contribution in [0.15, 0.2) is 36.4 Å². The van der Waals surface area contributed by atoms with Crippen molar-refractivity contribution in [1.82, 2.24) is 20.0 Å². The second-order valence-corrected chi connectivity index (χ2v) is 9.53. The molecule has 2 aromatic carbocycles. The third kappa shape index (κ3) is 5.67. The number of hydrogen-bond donors (Lipinski definition) is 2. The van der Waals surface area contributed by atoms with E-state index in [9.17, 15) is 5.26 Å². The summed E-state index contributed by atoms with van der Waals surface area (Å²) in [6.45, 7) is 3.88. The summed E-state index contributed by atoms with van der Waals surface area (Å²) in [5.74, 6) is 5.72. The van der Waals surface area contributed by atoms with Gasteiger partial charge in [-0.25, -0.2) is 15.6 Å². The van der Waals surface area contributed by atoms with Crippen LogP contribution in [0.5, 0.6) is 5.75 Å². The van der Waals surface area contributed by atoms with E-state index in [0.717, 1.165) is 46.2 Å². The van der Waals surface area contributed by atoms with Crippen LogP contribution >= 0.6 is 37.1 Å². The van der Waals surface area contributed by atoms with Gasteiger partial charge in [0.2, 0.25) is 0 Å².